The van der Waals surface area contributed by atoms with Gasteiger partial charge in [-0.15, -0.1) is 0 Å². The summed E-state index contributed by atoms with van der Waals surface area (Å²) >= 11 is 1.21. The number of carboxylic acids is 1. The van der Waals surface area contributed by atoms with Gasteiger partial charge in [0.15, 0.2) is 0 Å². The van der Waals surface area contributed by atoms with E-state index in [2.05, 4.69) is 14.9 Å². The van der Waals surface area contributed by atoms with Gasteiger partial charge in [0.05, 0.1) is 12.9 Å². The van der Waals surface area contributed by atoms with Gasteiger partial charge in [-0.2, -0.15) is 0 Å². The number of aliphatic carboxylic acids is 1. The molecule has 10 nitrogen and oxygen atoms in total. The summed E-state index contributed by atoms with van der Waals surface area (Å²) in [6.07, 6.45) is 4.19. The molecule has 1 heterocycles. The molecule has 0 aliphatic carbocycles. The lowest BCUT2D eigenvalue weighted by molar-refractivity contribution is -0.135. The number of guanidine groups is 1. The number of hydrogen-bond donors (Lipinski definition) is 4. The van der Waals surface area contributed by atoms with Crippen molar-refractivity contribution in [3.63, 3.8) is 0 Å². The van der Waals surface area contributed by atoms with Crippen LogP contribution in [0.1, 0.15) is 12.0 Å². The summed E-state index contributed by atoms with van der Waals surface area (Å²) in [6, 6.07) is 7.88. The van der Waals surface area contributed by atoms with Crippen LogP contribution >= 0.6 is 11.9 Å². The monoisotopic (exact) mass is 410 g/mol. The van der Waals surface area contributed by atoms with Crippen molar-refractivity contribution in [1.29, 1.82) is 0 Å². The predicted octanol–water partition coefficient (Wildman–Crippen LogP) is 1.07. The Morgan fingerprint density at radius 3 is 2.61 bits per heavy atom. The van der Waals surface area contributed by atoms with E-state index in [4.69, 9.17) is 26.1 Å². The molecule has 154 valence electrons. The molecule has 0 aliphatic rings. The molecule has 28 heavy (non-hydrogen) atoms. The standard InChI is InChI=1S/C11H17N3O2.C6H9N3O2S/c1-9-3-5-10(6-4-9)15-7-2-8-16-14-11(12)13;1-9-3-5(7-4-9)12-8-2-6(10)11/h3-6H,2,7-8H2,1H3,(H4,12,13,14);3-4,8H,2H2,1H3,(H,10,11). The average Bonchev–Trinajstić information content (AvgIpc) is 3.05. The van der Waals surface area contributed by atoms with Crippen molar-refractivity contribution in [1.82, 2.24) is 14.3 Å². The lowest BCUT2D eigenvalue weighted by atomic mass is 10.2. The van der Waals surface area contributed by atoms with Crippen LogP contribution in [0.25, 0.3) is 0 Å². The van der Waals surface area contributed by atoms with Crippen LogP contribution in [0.15, 0.2) is 47.0 Å². The average molecular weight is 411 g/mol. The number of nitrogens with zero attached hydrogens (tertiary/aromatic N) is 3. The number of oxime groups is 1. The number of benzene rings is 1. The maximum absolute atomic E-state index is 10.1. The van der Waals surface area contributed by atoms with Gasteiger partial charge in [0.25, 0.3) is 0 Å². The number of nitrogens with one attached hydrogen (secondary N) is 1. The minimum atomic E-state index is -0.876. The predicted molar refractivity (Wildman–Crippen MR) is 108 cm³/mol. The second-order valence-electron chi connectivity index (χ2n) is 5.56. The highest BCUT2D eigenvalue weighted by Gasteiger charge is 1.99. The van der Waals surface area contributed by atoms with E-state index in [1.54, 1.807) is 17.1 Å². The number of nitrogens with two attached hydrogens (primary N) is 2. The van der Waals surface area contributed by atoms with Crippen LogP contribution in [0.4, 0.5) is 0 Å². The zero-order chi connectivity index (χ0) is 20.8. The van der Waals surface area contributed by atoms with Gasteiger partial charge in [-0.1, -0.05) is 17.7 Å². The number of rotatable bonds is 10. The van der Waals surface area contributed by atoms with Gasteiger partial charge in [-0.05, 0) is 36.2 Å². The van der Waals surface area contributed by atoms with E-state index in [0.717, 1.165) is 17.2 Å². The van der Waals surface area contributed by atoms with Gasteiger partial charge < -0.3 is 30.7 Å². The lowest BCUT2D eigenvalue weighted by Gasteiger charge is -2.05. The molecule has 0 saturated heterocycles. The van der Waals surface area contributed by atoms with Crippen LogP contribution < -0.4 is 20.9 Å². The van der Waals surface area contributed by atoms with E-state index >= 15 is 0 Å². The molecular weight excluding hydrogens is 384 g/mol. The second-order valence-corrected chi connectivity index (χ2v) is 6.47. The molecule has 0 saturated carbocycles. The van der Waals surface area contributed by atoms with Gasteiger partial charge in [-0.25, -0.2) is 9.71 Å². The number of ether oxygens (including phenoxy) is 1. The first kappa shape index (κ1) is 23.1. The van der Waals surface area contributed by atoms with Gasteiger partial charge in [0.2, 0.25) is 5.96 Å². The molecule has 11 heteroatoms. The second kappa shape index (κ2) is 13.3. The van der Waals surface area contributed by atoms with Crippen molar-refractivity contribution in [2.75, 3.05) is 19.8 Å². The molecule has 0 fully saturated rings. The summed E-state index contributed by atoms with van der Waals surface area (Å²) in [5.41, 5.74) is 11.4. The van der Waals surface area contributed by atoms with Crippen LogP contribution in [0, 0.1) is 6.92 Å². The maximum atomic E-state index is 10.1. The Balaban J connectivity index is 0.000000292. The number of imidazole rings is 1. The highest BCUT2D eigenvalue weighted by Crippen LogP contribution is 2.11. The van der Waals surface area contributed by atoms with Crippen molar-refractivity contribution >= 4 is 23.9 Å². The van der Waals surface area contributed by atoms with E-state index < -0.39 is 5.97 Å². The number of aryl methyl sites for hydroxylation is 2. The fraction of sp³-hybridized carbons (Fsp3) is 0.353. The molecule has 0 unspecified atom stereocenters. The lowest BCUT2D eigenvalue weighted by Crippen LogP contribution is -2.23. The Morgan fingerprint density at radius 2 is 2.04 bits per heavy atom. The van der Waals surface area contributed by atoms with Gasteiger partial charge in [0.1, 0.15) is 23.9 Å². The maximum Gasteiger partial charge on any atom is 0.318 e. The summed E-state index contributed by atoms with van der Waals surface area (Å²) in [4.78, 5) is 18.9. The summed E-state index contributed by atoms with van der Waals surface area (Å²) in [6.45, 7) is 2.97. The van der Waals surface area contributed by atoms with E-state index in [-0.39, 0.29) is 12.5 Å². The van der Waals surface area contributed by atoms with Crippen LogP contribution in [0.5, 0.6) is 5.75 Å². The summed E-state index contributed by atoms with van der Waals surface area (Å²) in [5.74, 6) is -0.0923. The topological polar surface area (TPSA) is 150 Å². The zero-order valence-corrected chi connectivity index (χ0v) is 16.7. The first-order valence-electron chi connectivity index (χ1n) is 8.36. The molecule has 0 amide bonds. The quantitative estimate of drug-likeness (QED) is 0.148. The molecular formula is C17H26N6O4S. The Morgan fingerprint density at radius 1 is 1.32 bits per heavy atom. The SMILES string of the molecule is Cc1ccc(OCCCON=C(N)N)cc1.Cn1cnc(SNCC(=O)O)c1. The van der Waals surface area contributed by atoms with Crippen LogP contribution in [0.3, 0.4) is 0 Å². The van der Waals surface area contributed by atoms with Crippen molar-refractivity contribution in [3.8, 4) is 5.75 Å². The van der Waals surface area contributed by atoms with Crippen LogP contribution in [-0.4, -0.2) is 46.3 Å². The Bertz CT molecular complexity index is 732. The van der Waals surface area contributed by atoms with Crippen molar-refractivity contribution in [2.45, 2.75) is 18.4 Å². The third-order valence-corrected chi connectivity index (χ3v) is 3.63. The van der Waals surface area contributed by atoms with Crippen molar-refractivity contribution in [2.24, 2.45) is 23.7 Å². The van der Waals surface area contributed by atoms with Gasteiger partial charge in [-0.3, -0.25) is 4.79 Å². The summed E-state index contributed by atoms with van der Waals surface area (Å²) in [5, 5.41) is 12.5. The van der Waals surface area contributed by atoms with Gasteiger partial charge >= 0.3 is 5.97 Å². The first-order chi connectivity index (χ1) is 13.4. The Kier molecular flexibility index (Phi) is 11.0. The van der Waals surface area contributed by atoms with Crippen LogP contribution in [0.2, 0.25) is 0 Å². The molecule has 0 atom stereocenters. The molecule has 0 bridgehead atoms. The Labute approximate surface area is 168 Å². The smallest absolute Gasteiger partial charge is 0.318 e. The Hall–Kier alpha value is -2.92. The zero-order valence-electron chi connectivity index (χ0n) is 15.9. The van der Waals surface area contributed by atoms with E-state index in [0.29, 0.717) is 13.2 Å². The molecule has 0 aliphatic heterocycles. The normalized spacial score (nSPS) is 9.79. The van der Waals surface area contributed by atoms with E-state index in [1.165, 1.54) is 17.5 Å². The molecule has 1 aromatic heterocycles. The van der Waals surface area contributed by atoms with Crippen molar-refractivity contribution in [3.05, 3.63) is 42.4 Å². The summed E-state index contributed by atoms with van der Waals surface area (Å²) < 4.78 is 9.93. The molecule has 0 radical (unpaired) electrons. The fourth-order valence-corrected chi connectivity index (χ4v) is 2.34. The molecule has 0 spiro atoms. The third kappa shape index (κ3) is 11.6. The summed E-state index contributed by atoms with van der Waals surface area (Å²) in [7, 11) is 1.86. The number of carbonyl (C=O) groups is 1. The van der Waals surface area contributed by atoms with E-state index in [9.17, 15) is 4.79 Å². The molecule has 1 aromatic carbocycles. The van der Waals surface area contributed by atoms with Crippen LogP contribution in [-0.2, 0) is 16.7 Å². The third-order valence-electron chi connectivity index (χ3n) is 2.92. The fourth-order valence-electron chi connectivity index (χ4n) is 1.68. The van der Waals surface area contributed by atoms with E-state index in [1.807, 2.05) is 38.2 Å². The molecule has 2 rings (SSSR count). The largest absolute Gasteiger partial charge is 0.493 e. The highest BCUT2D eigenvalue weighted by atomic mass is 32.2. The highest BCUT2D eigenvalue weighted by molar-refractivity contribution is 7.97. The number of carboxylic acid groups (broad SMARTS) is 1. The van der Waals surface area contributed by atoms with Gasteiger partial charge in [0, 0.05) is 19.7 Å². The first-order valence-corrected chi connectivity index (χ1v) is 9.18. The molecule has 6 N–H and O–H groups in total. The number of aromatic nitrogens is 2. The molecule has 2 aromatic rings. The van der Waals surface area contributed by atoms with Crippen molar-refractivity contribution < 1.29 is 19.5 Å². The number of hydrogen-bond acceptors (Lipinski definition) is 7. The minimum absolute atomic E-state index is 0.0682. The minimum Gasteiger partial charge on any atom is -0.493 e.